The second-order valence-corrected chi connectivity index (χ2v) is 4.61. The highest BCUT2D eigenvalue weighted by molar-refractivity contribution is 14.1. The van der Waals surface area contributed by atoms with Crippen LogP contribution in [0.15, 0.2) is 18.2 Å². The van der Waals surface area contributed by atoms with Gasteiger partial charge in [-0.1, -0.05) is 0 Å². The van der Waals surface area contributed by atoms with Gasteiger partial charge in [0.15, 0.2) is 0 Å². The zero-order valence-corrected chi connectivity index (χ0v) is 9.41. The van der Waals surface area contributed by atoms with E-state index >= 15 is 0 Å². The first-order chi connectivity index (χ1) is 6.29. The van der Waals surface area contributed by atoms with Gasteiger partial charge in [-0.2, -0.15) is 0 Å². The number of aryl methyl sites for hydroxylation is 1. The quantitative estimate of drug-likeness (QED) is 0.775. The van der Waals surface area contributed by atoms with E-state index in [1.54, 1.807) is 0 Å². The van der Waals surface area contributed by atoms with E-state index < -0.39 is 0 Å². The van der Waals surface area contributed by atoms with Crippen LogP contribution in [-0.2, 0) is 6.42 Å². The lowest BCUT2D eigenvalue weighted by Gasteiger charge is -2.25. The molecule has 0 aliphatic carbocycles. The fourth-order valence-corrected chi connectivity index (χ4v) is 2.22. The van der Waals surface area contributed by atoms with E-state index in [0.717, 1.165) is 12.8 Å². The zero-order chi connectivity index (χ0) is 9.26. The van der Waals surface area contributed by atoms with Crippen molar-refractivity contribution >= 4 is 28.3 Å². The Labute approximate surface area is 91.5 Å². The van der Waals surface area contributed by atoms with Crippen molar-refractivity contribution in [3.63, 3.8) is 0 Å². The zero-order valence-electron chi connectivity index (χ0n) is 7.26. The first kappa shape index (κ1) is 9.27. The van der Waals surface area contributed by atoms with Gasteiger partial charge in [0, 0.05) is 15.3 Å². The molecule has 1 heterocycles. The molecule has 1 aromatic rings. The van der Waals surface area contributed by atoms with E-state index in [0.29, 0.717) is 0 Å². The van der Waals surface area contributed by atoms with Crippen molar-refractivity contribution in [1.82, 2.24) is 0 Å². The molecular weight excluding hydrogens is 277 g/mol. The van der Waals surface area contributed by atoms with Crippen LogP contribution >= 0.6 is 22.6 Å². The molecular formula is C10H12INO. The molecule has 2 N–H and O–H groups in total. The molecule has 0 aromatic heterocycles. The molecule has 2 nitrogen and oxygen atoms in total. The molecule has 3 heteroatoms. The van der Waals surface area contributed by atoms with Gasteiger partial charge in [0.1, 0.15) is 0 Å². The maximum absolute atomic E-state index is 9.01. The van der Waals surface area contributed by atoms with Crippen molar-refractivity contribution < 1.29 is 5.11 Å². The molecule has 1 atom stereocenters. The Morgan fingerprint density at radius 1 is 1.54 bits per heavy atom. The molecule has 0 amide bonds. The van der Waals surface area contributed by atoms with Gasteiger partial charge in [0.2, 0.25) is 0 Å². The summed E-state index contributed by atoms with van der Waals surface area (Å²) in [4.78, 5) is 0. The second kappa shape index (κ2) is 3.84. The van der Waals surface area contributed by atoms with Gasteiger partial charge >= 0.3 is 0 Å². The number of hydrogen-bond donors (Lipinski definition) is 2. The molecule has 1 aromatic carbocycles. The van der Waals surface area contributed by atoms with Crippen molar-refractivity contribution in [2.24, 2.45) is 0 Å². The van der Waals surface area contributed by atoms with Crippen LogP contribution in [0.25, 0.3) is 0 Å². The Bertz CT molecular complexity index is 314. The van der Waals surface area contributed by atoms with E-state index in [4.69, 9.17) is 5.11 Å². The Hall–Kier alpha value is -0.290. The molecule has 0 saturated heterocycles. The van der Waals surface area contributed by atoms with E-state index in [1.807, 2.05) is 0 Å². The Morgan fingerprint density at radius 3 is 3.15 bits per heavy atom. The summed E-state index contributed by atoms with van der Waals surface area (Å²) in [7, 11) is 0. The summed E-state index contributed by atoms with van der Waals surface area (Å²) in [5.41, 5.74) is 2.56. The SMILES string of the molecule is OC[C@@H]1CCc2cc(I)ccc2N1. The third kappa shape index (κ3) is 1.96. The lowest BCUT2D eigenvalue weighted by atomic mass is 9.99. The number of aliphatic hydroxyl groups excluding tert-OH is 1. The van der Waals surface area contributed by atoms with E-state index in [9.17, 15) is 0 Å². The van der Waals surface area contributed by atoms with Crippen LogP contribution in [0.2, 0.25) is 0 Å². The number of benzene rings is 1. The van der Waals surface area contributed by atoms with Gasteiger partial charge in [0.25, 0.3) is 0 Å². The van der Waals surface area contributed by atoms with Crippen LogP contribution < -0.4 is 5.32 Å². The van der Waals surface area contributed by atoms with E-state index in [1.165, 1.54) is 14.8 Å². The molecule has 0 radical (unpaired) electrons. The van der Waals surface area contributed by atoms with Crippen LogP contribution in [0.5, 0.6) is 0 Å². The van der Waals surface area contributed by atoms with Crippen LogP contribution in [0.1, 0.15) is 12.0 Å². The van der Waals surface area contributed by atoms with Crippen LogP contribution in [0.4, 0.5) is 5.69 Å². The summed E-state index contributed by atoms with van der Waals surface area (Å²) in [6.45, 7) is 0.228. The van der Waals surface area contributed by atoms with Crippen molar-refractivity contribution in [3.05, 3.63) is 27.3 Å². The van der Waals surface area contributed by atoms with Crippen LogP contribution in [0.3, 0.4) is 0 Å². The Balaban J connectivity index is 2.26. The molecule has 0 bridgehead atoms. The minimum absolute atomic E-state index is 0.228. The summed E-state index contributed by atoms with van der Waals surface area (Å²) in [6.07, 6.45) is 2.11. The third-order valence-electron chi connectivity index (χ3n) is 2.41. The number of anilines is 1. The molecule has 1 aliphatic rings. The van der Waals surface area contributed by atoms with Crippen LogP contribution in [-0.4, -0.2) is 17.8 Å². The van der Waals surface area contributed by atoms with Gasteiger partial charge < -0.3 is 10.4 Å². The molecule has 13 heavy (non-hydrogen) atoms. The van der Waals surface area contributed by atoms with Gasteiger partial charge in [0.05, 0.1) is 6.61 Å². The molecule has 0 fully saturated rings. The monoisotopic (exact) mass is 289 g/mol. The maximum atomic E-state index is 9.01. The number of fused-ring (bicyclic) bond motifs is 1. The molecule has 0 saturated carbocycles. The first-order valence-electron chi connectivity index (χ1n) is 4.45. The first-order valence-corrected chi connectivity index (χ1v) is 5.53. The number of halogens is 1. The average Bonchev–Trinajstić information content (AvgIpc) is 2.17. The second-order valence-electron chi connectivity index (χ2n) is 3.36. The summed E-state index contributed by atoms with van der Waals surface area (Å²) in [6, 6.07) is 6.63. The molecule has 2 rings (SSSR count). The minimum Gasteiger partial charge on any atom is -0.394 e. The van der Waals surface area contributed by atoms with Gasteiger partial charge in [-0.25, -0.2) is 0 Å². The van der Waals surface area contributed by atoms with Gasteiger partial charge in [-0.15, -0.1) is 0 Å². The number of rotatable bonds is 1. The summed E-state index contributed by atoms with van der Waals surface area (Å²) in [5, 5.41) is 12.3. The highest BCUT2D eigenvalue weighted by Crippen LogP contribution is 2.26. The van der Waals surface area contributed by atoms with Crippen molar-refractivity contribution in [1.29, 1.82) is 0 Å². The largest absolute Gasteiger partial charge is 0.394 e. The molecule has 70 valence electrons. The van der Waals surface area contributed by atoms with Gasteiger partial charge in [-0.3, -0.25) is 0 Å². The van der Waals surface area contributed by atoms with Gasteiger partial charge in [-0.05, 0) is 59.2 Å². The molecule has 1 aliphatic heterocycles. The standard InChI is InChI=1S/C10H12INO/c11-8-2-4-10-7(5-8)1-3-9(6-13)12-10/h2,4-5,9,12-13H,1,3,6H2/t9-/m0/s1. The molecule has 0 unspecified atom stereocenters. The smallest absolute Gasteiger partial charge is 0.0632 e. The highest BCUT2D eigenvalue weighted by atomic mass is 127. The van der Waals surface area contributed by atoms with Crippen molar-refractivity contribution in [3.8, 4) is 0 Å². The number of aliphatic hydroxyl groups is 1. The lowest BCUT2D eigenvalue weighted by molar-refractivity contribution is 0.267. The summed E-state index contributed by atoms with van der Waals surface area (Å²) in [5.74, 6) is 0. The van der Waals surface area contributed by atoms with Crippen LogP contribution in [0, 0.1) is 3.57 Å². The average molecular weight is 289 g/mol. The Morgan fingerprint density at radius 2 is 2.38 bits per heavy atom. The highest BCUT2D eigenvalue weighted by Gasteiger charge is 2.16. The normalized spacial score (nSPS) is 20.6. The number of hydrogen-bond acceptors (Lipinski definition) is 2. The predicted molar refractivity (Wildman–Crippen MR) is 62.0 cm³/mol. The fourth-order valence-electron chi connectivity index (χ4n) is 1.67. The fraction of sp³-hybridized carbons (Fsp3) is 0.400. The molecule has 0 spiro atoms. The lowest BCUT2D eigenvalue weighted by Crippen LogP contribution is -2.28. The maximum Gasteiger partial charge on any atom is 0.0632 e. The van der Waals surface area contributed by atoms with Crippen molar-refractivity contribution in [2.45, 2.75) is 18.9 Å². The third-order valence-corrected chi connectivity index (χ3v) is 3.08. The Kier molecular flexibility index (Phi) is 2.74. The van der Waals surface area contributed by atoms with E-state index in [-0.39, 0.29) is 12.6 Å². The summed E-state index contributed by atoms with van der Waals surface area (Å²) >= 11 is 2.32. The predicted octanol–water partition coefficient (Wildman–Crippen LogP) is 2.01. The number of nitrogens with one attached hydrogen (secondary N) is 1. The summed E-state index contributed by atoms with van der Waals surface area (Å²) < 4.78 is 1.28. The van der Waals surface area contributed by atoms with Crippen molar-refractivity contribution in [2.75, 3.05) is 11.9 Å². The minimum atomic E-state index is 0.228. The topological polar surface area (TPSA) is 32.3 Å². The van der Waals surface area contributed by atoms with E-state index in [2.05, 4.69) is 46.1 Å².